The van der Waals surface area contributed by atoms with E-state index in [-0.39, 0.29) is 5.82 Å². The van der Waals surface area contributed by atoms with Crippen LogP contribution < -0.4 is 16.2 Å². The number of fused-ring (bicyclic) bond motifs is 1. The van der Waals surface area contributed by atoms with Gasteiger partial charge in [-0.2, -0.15) is 4.98 Å². The Morgan fingerprint density at radius 2 is 2.20 bits per heavy atom. The minimum atomic E-state index is -0.448. The normalized spacial score (nSPS) is 16.4. The molecule has 1 saturated heterocycles. The maximum absolute atomic E-state index is 11.3. The Balaban J connectivity index is 1.85. The molecule has 6 nitrogen and oxygen atoms in total. The summed E-state index contributed by atoms with van der Waals surface area (Å²) in [6, 6.07) is 5.46. The van der Waals surface area contributed by atoms with E-state index >= 15 is 0 Å². The summed E-state index contributed by atoms with van der Waals surface area (Å²) in [5.74, 6) is 1.36. The summed E-state index contributed by atoms with van der Waals surface area (Å²) in [5, 5.41) is 0.666. The van der Waals surface area contributed by atoms with Crippen LogP contribution in [0.15, 0.2) is 23.0 Å². The van der Waals surface area contributed by atoms with Gasteiger partial charge in [0.15, 0.2) is 0 Å². The number of anilines is 1. The third-order valence-electron chi connectivity index (χ3n) is 3.56. The molecule has 106 valence electrons. The molecule has 0 atom stereocenters. The molecule has 3 N–H and O–H groups in total. The number of ether oxygens (including phenoxy) is 2. The highest BCUT2D eigenvalue weighted by atomic mass is 16.5. The lowest BCUT2D eigenvalue weighted by atomic mass is 10.0. The first-order chi connectivity index (χ1) is 9.74. The zero-order chi connectivity index (χ0) is 13.9. The van der Waals surface area contributed by atoms with E-state index in [1.54, 1.807) is 6.07 Å². The summed E-state index contributed by atoms with van der Waals surface area (Å²) >= 11 is 0. The fourth-order valence-electron chi connectivity index (χ4n) is 2.45. The van der Waals surface area contributed by atoms with Crippen molar-refractivity contribution in [3.63, 3.8) is 0 Å². The predicted octanol–water partition coefficient (Wildman–Crippen LogP) is 1.31. The zero-order valence-corrected chi connectivity index (χ0v) is 11.1. The first-order valence-electron chi connectivity index (χ1n) is 6.73. The number of aromatic amines is 1. The fourth-order valence-corrected chi connectivity index (χ4v) is 2.45. The minimum Gasteiger partial charge on any atom is -0.492 e. The van der Waals surface area contributed by atoms with Gasteiger partial charge in [-0.25, -0.2) is 4.79 Å². The molecule has 20 heavy (non-hydrogen) atoms. The summed E-state index contributed by atoms with van der Waals surface area (Å²) in [7, 11) is 0. The van der Waals surface area contributed by atoms with Gasteiger partial charge in [-0.3, -0.25) is 0 Å². The second-order valence-electron chi connectivity index (χ2n) is 4.97. The number of hydrogen-bond donors (Lipinski definition) is 2. The van der Waals surface area contributed by atoms with Crippen LogP contribution in [0.5, 0.6) is 5.75 Å². The molecule has 1 aliphatic heterocycles. The van der Waals surface area contributed by atoms with Gasteiger partial charge in [0.1, 0.15) is 11.6 Å². The van der Waals surface area contributed by atoms with Crippen LogP contribution in [-0.4, -0.2) is 29.8 Å². The third-order valence-corrected chi connectivity index (χ3v) is 3.56. The largest absolute Gasteiger partial charge is 0.492 e. The summed E-state index contributed by atoms with van der Waals surface area (Å²) in [6.45, 7) is 2.21. The second kappa shape index (κ2) is 5.50. The van der Waals surface area contributed by atoms with E-state index in [1.165, 1.54) is 0 Å². The van der Waals surface area contributed by atoms with E-state index in [2.05, 4.69) is 9.97 Å². The molecule has 6 heteroatoms. The number of nitrogens with two attached hydrogens (primary N) is 1. The number of nitrogens with one attached hydrogen (secondary N) is 1. The number of nitrogens with zero attached hydrogens (tertiary/aromatic N) is 1. The van der Waals surface area contributed by atoms with Gasteiger partial charge in [0.2, 0.25) is 0 Å². The van der Waals surface area contributed by atoms with E-state index in [0.29, 0.717) is 29.2 Å². The van der Waals surface area contributed by atoms with Gasteiger partial charge in [-0.05, 0) is 30.9 Å². The van der Waals surface area contributed by atoms with E-state index in [1.807, 2.05) is 12.1 Å². The molecule has 0 aliphatic carbocycles. The Labute approximate surface area is 115 Å². The molecule has 0 bridgehead atoms. The average molecular weight is 275 g/mol. The average Bonchev–Trinajstić information content (AvgIpc) is 2.45. The van der Waals surface area contributed by atoms with Crippen LogP contribution in [0.3, 0.4) is 0 Å². The van der Waals surface area contributed by atoms with Crippen LogP contribution in [0.25, 0.3) is 10.9 Å². The molecule has 2 heterocycles. The van der Waals surface area contributed by atoms with Crippen LogP contribution in [0.4, 0.5) is 5.82 Å². The Morgan fingerprint density at radius 1 is 1.40 bits per heavy atom. The summed E-state index contributed by atoms with van der Waals surface area (Å²) < 4.78 is 11.2. The van der Waals surface area contributed by atoms with Crippen molar-refractivity contribution in [2.45, 2.75) is 12.8 Å². The molecule has 0 radical (unpaired) electrons. The van der Waals surface area contributed by atoms with Crippen LogP contribution >= 0.6 is 0 Å². The maximum atomic E-state index is 11.3. The van der Waals surface area contributed by atoms with Gasteiger partial charge >= 0.3 is 5.69 Å². The van der Waals surface area contributed by atoms with Gasteiger partial charge in [-0.1, -0.05) is 6.07 Å². The lowest BCUT2D eigenvalue weighted by molar-refractivity contribution is 0.0500. The molecule has 1 aromatic heterocycles. The van der Waals surface area contributed by atoms with Crippen molar-refractivity contribution >= 4 is 16.7 Å². The topological polar surface area (TPSA) is 90.2 Å². The lowest BCUT2D eigenvalue weighted by Gasteiger charge is -2.22. The van der Waals surface area contributed by atoms with Crippen molar-refractivity contribution in [1.29, 1.82) is 0 Å². The van der Waals surface area contributed by atoms with Crippen molar-refractivity contribution in [2.24, 2.45) is 5.92 Å². The van der Waals surface area contributed by atoms with Crippen molar-refractivity contribution in [3.05, 3.63) is 28.7 Å². The molecule has 0 unspecified atom stereocenters. The number of benzene rings is 1. The standard InChI is InChI=1S/C14H17N3O3/c15-13-12-10(16-14(18)17-13)2-1-3-11(12)20-8-9-4-6-19-7-5-9/h1-3,9H,4-8H2,(H3,15,16,17,18). The maximum Gasteiger partial charge on any atom is 0.347 e. The van der Waals surface area contributed by atoms with E-state index in [4.69, 9.17) is 15.2 Å². The van der Waals surface area contributed by atoms with E-state index < -0.39 is 5.69 Å². The van der Waals surface area contributed by atoms with Crippen molar-refractivity contribution in [1.82, 2.24) is 9.97 Å². The monoisotopic (exact) mass is 275 g/mol. The molecule has 0 spiro atoms. The molecule has 2 aromatic rings. The molecular formula is C14H17N3O3. The molecular weight excluding hydrogens is 258 g/mol. The van der Waals surface area contributed by atoms with Crippen molar-refractivity contribution in [3.8, 4) is 5.75 Å². The molecule has 1 aliphatic rings. The van der Waals surface area contributed by atoms with Crippen LogP contribution in [-0.2, 0) is 4.74 Å². The highest BCUT2D eigenvalue weighted by Gasteiger charge is 2.16. The Bertz CT molecular complexity index is 662. The summed E-state index contributed by atoms with van der Waals surface area (Å²) in [4.78, 5) is 17.7. The van der Waals surface area contributed by atoms with Gasteiger partial charge in [0.05, 0.1) is 17.5 Å². The Hall–Kier alpha value is -2.08. The minimum absolute atomic E-state index is 0.200. The van der Waals surface area contributed by atoms with Crippen LogP contribution in [0, 0.1) is 5.92 Å². The van der Waals surface area contributed by atoms with Gasteiger partial charge in [-0.15, -0.1) is 0 Å². The number of nitrogen functional groups attached to an aromatic ring is 1. The van der Waals surface area contributed by atoms with Gasteiger partial charge in [0.25, 0.3) is 0 Å². The molecule has 0 saturated carbocycles. The summed E-state index contributed by atoms with van der Waals surface area (Å²) in [6.07, 6.45) is 2.02. The van der Waals surface area contributed by atoms with E-state index in [0.717, 1.165) is 26.1 Å². The van der Waals surface area contributed by atoms with Crippen LogP contribution in [0.1, 0.15) is 12.8 Å². The summed E-state index contributed by atoms with van der Waals surface area (Å²) in [5.41, 5.74) is 6.03. The molecule has 3 rings (SSSR count). The number of hydrogen-bond acceptors (Lipinski definition) is 5. The molecule has 1 fully saturated rings. The smallest absolute Gasteiger partial charge is 0.347 e. The molecule has 0 amide bonds. The molecule has 1 aromatic carbocycles. The SMILES string of the molecule is Nc1nc(=O)[nH]c2cccc(OCC3CCOCC3)c12. The zero-order valence-electron chi connectivity index (χ0n) is 11.1. The predicted molar refractivity (Wildman–Crippen MR) is 75.8 cm³/mol. The van der Waals surface area contributed by atoms with Crippen molar-refractivity contribution in [2.75, 3.05) is 25.6 Å². The number of aromatic nitrogens is 2. The first-order valence-corrected chi connectivity index (χ1v) is 6.73. The quantitative estimate of drug-likeness (QED) is 0.881. The van der Waals surface area contributed by atoms with Crippen LogP contribution in [0.2, 0.25) is 0 Å². The van der Waals surface area contributed by atoms with Crippen molar-refractivity contribution < 1.29 is 9.47 Å². The first kappa shape index (κ1) is 12.9. The highest BCUT2D eigenvalue weighted by molar-refractivity contribution is 5.93. The van der Waals surface area contributed by atoms with Gasteiger partial charge < -0.3 is 20.2 Å². The van der Waals surface area contributed by atoms with E-state index in [9.17, 15) is 4.79 Å². The third kappa shape index (κ3) is 2.60. The Kier molecular flexibility index (Phi) is 3.56. The highest BCUT2D eigenvalue weighted by Crippen LogP contribution is 2.28. The second-order valence-corrected chi connectivity index (χ2v) is 4.97. The Morgan fingerprint density at radius 3 is 3.00 bits per heavy atom. The number of H-pyrrole nitrogens is 1. The van der Waals surface area contributed by atoms with Gasteiger partial charge in [0, 0.05) is 13.2 Å². The lowest BCUT2D eigenvalue weighted by Crippen LogP contribution is -2.21. The number of rotatable bonds is 3. The fraction of sp³-hybridized carbons (Fsp3) is 0.429.